The Balaban J connectivity index is 2.01. The fraction of sp³-hybridized carbons (Fsp3) is 0.333. The molecular formula is C15H18N2O2S. The number of methoxy groups -OCH3 is 1. The van der Waals surface area contributed by atoms with Crippen LogP contribution in [-0.2, 0) is 9.53 Å². The Kier molecular flexibility index (Phi) is 4.84. The summed E-state index contributed by atoms with van der Waals surface area (Å²) in [7, 11) is 5.42. The first-order valence-electron chi connectivity index (χ1n) is 6.34. The van der Waals surface area contributed by atoms with Crippen molar-refractivity contribution in [1.29, 1.82) is 0 Å². The average molecular weight is 290 g/mol. The van der Waals surface area contributed by atoms with Crippen LogP contribution in [0.1, 0.15) is 5.56 Å². The van der Waals surface area contributed by atoms with Crippen LogP contribution in [0.25, 0.3) is 6.08 Å². The zero-order valence-electron chi connectivity index (χ0n) is 11.9. The Bertz CT molecular complexity index is 535. The van der Waals surface area contributed by atoms with Gasteiger partial charge in [-0.1, -0.05) is 18.2 Å². The second-order valence-corrected chi connectivity index (χ2v) is 5.68. The lowest BCUT2D eigenvalue weighted by molar-refractivity contribution is -0.141. The molecule has 106 valence electrons. The molecule has 5 heteroatoms. The highest BCUT2D eigenvalue weighted by Crippen LogP contribution is 2.21. The van der Waals surface area contributed by atoms with E-state index in [1.807, 2.05) is 26.2 Å². The Hall–Kier alpha value is -1.75. The minimum Gasteiger partial charge on any atom is -0.467 e. The number of aliphatic imine (C=N–C) groups is 1. The minimum absolute atomic E-state index is 0.267. The highest BCUT2D eigenvalue weighted by Gasteiger charge is 2.24. The van der Waals surface area contributed by atoms with E-state index < -0.39 is 0 Å². The van der Waals surface area contributed by atoms with Crippen molar-refractivity contribution in [3.8, 4) is 0 Å². The standard InChI is InChI=1S/C15H18N2O2S/c1-17(2)12-7-4-11(5-8-12)6-9-14-16-13(10-20-14)15(18)19-3/h4-9,13H,10H2,1-3H3/b9-6+/t13-/m1/s1. The van der Waals surface area contributed by atoms with Gasteiger partial charge in [0.05, 0.1) is 12.2 Å². The van der Waals surface area contributed by atoms with Crippen LogP contribution in [0.4, 0.5) is 5.69 Å². The number of carbonyl (C=O) groups is 1. The summed E-state index contributed by atoms with van der Waals surface area (Å²) >= 11 is 1.58. The van der Waals surface area contributed by atoms with Crippen LogP contribution in [0.15, 0.2) is 35.3 Å². The van der Waals surface area contributed by atoms with E-state index in [1.54, 1.807) is 11.8 Å². The van der Waals surface area contributed by atoms with Crippen molar-refractivity contribution in [2.75, 3.05) is 31.9 Å². The molecule has 1 aliphatic rings. The van der Waals surface area contributed by atoms with Crippen molar-refractivity contribution in [3.63, 3.8) is 0 Å². The topological polar surface area (TPSA) is 41.9 Å². The number of rotatable bonds is 4. The molecule has 1 atom stereocenters. The van der Waals surface area contributed by atoms with Crippen LogP contribution in [0.2, 0.25) is 0 Å². The monoisotopic (exact) mass is 290 g/mol. The van der Waals surface area contributed by atoms with Gasteiger partial charge in [-0.15, -0.1) is 11.8 Å². The van der Waals surface area contributed by atoms with Gasteiger partial charge < -0.3 is 9.64 Å². The van der Waals surface area contributed by atoms with E-state index in [0.29, 0.717) is 5.75 Å². The number of hydrogen-bond donors (Lipinski definition) is 0. The maximum Gasteiger partial charge on any atom is 0.331 e. The fourth-order valence-corrected chi connectivity index (χ4v) is 2.70. The Labute approximate surface area is 123 Å². The molecule has 0 bridgehead atoms. The molecule has 1 aliphatic heterocycles. The third-order valence-electron chi connectivity index (χ3n) is 2.97. The number of carbonyl (C=O) groups excluding carboxylic acids is 1. The van der Waals surface area contributed by atoms with Gasteiger partial charge in [0, 0.05) is 25.5 Å². The highest BCUT2D eigenvalue weighted by molar-refractivity contribution is 8.14. The Morgan fingerprint density at radius 2 is 2.05 bits per heavy atom. The molecule has 0 amide bonds. The van der Waals surface area contributed by atoms with Gasteiger partial charge in [0.1, 0.15) is 0 Å². The van der Waals surface area contributed by atoms with Gasteiger partial charge in [0.25, 0.3) is 0 Å². The van der Waals surface area contributed by atoms with Crippen LogP contribution in [0.5, 0.6) is 0 Å². The predicted octanol–water partition coefficient (Wildman–Crippen LogP) is 2.45. The molecule has 0 unspecified atom stereocenters. The molecule has 1 heterocycles. The Morgan fingerprint density at radius 3 is 2.65 bits per heavy atom. The third kappa shape index (κ3) is 3.63. The molecular weight excluding hydrogens is 272 g/mol. The zero-order valence-corrected chi connectivity index (χ0v) is 12.7. The second kappa shape index (κ2) is 6.61. The first kappa shape index (κ1) is 14.7. The quantitative estimate of drug-likeness (QED) is 0.799. The molecule has 1 aromatic rings. The van der Waals surface area contributed by atoms with Gasteiger partial charge in [-0.3, -0.25) is 4.99 Å². The largest absolute Gasteiger partial charge is 0.467 e. The summed E-state index contributed by atoms with van der Waals surface area (Å²) in [6.45, 7) is 0. The number of ether oxygens (including phenoxy) is 1. The maximum absolute atomic E-state index is 11.4. The van der Waals surface area contributed by atoms with Gasteiger partial charge in [-0.05, 0) is 23.8 Å². The average Bonchev–Trinajstić information content (AvgIpc) is 2.93. The molecule has 1 aromatic carbocycles. The van der Waals surface area contributed by atoms with Crippen LogP contribution in [0, 0.1) is 0 Å². The summed E-state index contributed by atoms with van der Waals surface area (Å²) < 4.78 is 4.69. The van der Waals surface area contributed by atoms with E-state index in [0.717, 1.165) is 10.6 Å². The van der Waals surface area contributed by atoms with Crippen molar-refractivity contribution in [2.45, 2.75) is 6.04 Å². The first-order valence-corrected chi connectivity index (χ1v) is 7.32. The van der Waals surface area contributed by atoms with Crippen molar-refractivity contribution in [2.24, 2.45) is 4.99 Å². The normalized spacial score (nSPS) is 18.1. The summed E-state index contributed by atoms with van der Waals surface area (Å²) in [6.07, 6.45) is 3.95. The Morgan fingerprint density at radius 1 is 1.35 bits per heavy atom. The van der Waals surface area contributed by atoms with Crippen LogP contribution < -0.4 is 4.90 Å². The van der Waals surface area contributed by atoms with E-state index in [-0.39, 0.29) is 12.0 Å². The van der Waals surface area contributed by atoms with E-state index >= 15 is 0 Å². The lowest BCUT2D eigenvalue weighted by Gasteiger charge is -2.11. The van der Waals surface area contributed by atoms with E-state index in [2.05, 4.69) is 34.2 Å². The second-order valence-electron chi connectivity index (χ2n) is 4.64. The minimum atomic E-state index is -0.360. The van der Waals surface area contributed by atoms with Gasteiger partial charge in [-0.2, -0.15) is 0 Å². The SMILES string of the molecule is COC(=O)[C@H]1CSC(/C=C/c2ccc(N(C)C)cc2)=N1. The molecule has 0 aromatic heterocycles. The number of hydrogen-bond acceptors (Lipinski definition) is 5. The summed E-state index contributed by atoms with van der Waals surface area (Å²) in [6, 6.07) is 7.90. The molecule has 0 saturated heterocycles. The zero-order chi connectivity index (χ0) is 14.5. The van der Waals surface area contributed by atoms with Crippen LogP contribution >= 0.6 is 11.8 Å². The lowest BCUT2D eigenvalue weighted by Crippen LogP contribution is -2.19. The van der Waals surface area contributed by atoms with Crippen molar-refractivity contribution >= 4 is 34.5 Å². The van der Waals surface area contributed by atoms with Crippen LogP contribution in [0.3, 0.4) is 0 Å². The van der Waals surface area contributed by atoms with Crippen molar-refractivity contribution in [3.05, 3.63) is 35.9 Å². The first-order chi connectivity index (χ1) is 9.60. The number of anilines is 1. The molecule has 0 aliphatic carbocycles. The maximum atomic E-state index is 11.4. The smallest absolute Gasteiger partial charge is 0.331 e. The van der Waals surface area contributed by atoms with E-state index in [1.165, 1.54) is 12.8 Å². The van der Waals surface area contributed by atoms with Gasteiger partial charge >= 0.3 is 5.97 Å². The molecule has 0 saturated carbocycles. The summed E-state index contributed by atoms with van der Waals surface area (Å²) in [5.74, 6) is 0.391. The van der Waals surface area contributed by atoms with Crippen molar-refractivity contribution in [1.82, 2.24) is 0 Å². The molecule has 0 fully saturated rings. The predicted molar refractivity (Wildman–Crippen MR) is 85.5 cm³/mol. The molecule has 4 nitrogen and oxygen atoms in total. The van der Waals surface area contributed by atoms with E-state index in [4.69, 9.17) is 4.74 Å². The number of benzene rings is 1. The molecule has 0 spiro atoms. The summed E-state index contributed by atoms with van der Waals surface area (Å²) in [5.41, 5.74) is 2.28. The summed E-state index contributed by atoms with van der Waals surface area (Å²) in [5, 5.41) is 0.872. The third-order valence-corrected chi connectivity index (χ3v) is 3.99. The molecule has 0 radical (unpaired) electrons. The van der Waals surface area contributed by atoms with Gasteiger partial charge in [0.15, 0.2) is 6.04 Å². The van der Waals surface area contributed by atoms with Crippen LogP contribution in [-0.4, -0.2) is 44.0 Å². The highest BCUT2D eigenvalue weighted by atomic mass is 32.2. The summed E-state index contributed by atoms with van der Waals surface area (Å²) in [4.78, 5) is 17.8. The van der Waals surface area contributed by atoms with Gasteiger partial charge in [0.2, 0.25) is 0 Å². The molecule has 2 rings (SSSR count). The number of esters is 1. The number of nitrogens with zero attached hydrogens (tertiary/aromatic N) is 2. The number of thioether (sulfide) groups is 1. The van der Waals surface area contributed by atoms with E-state index in [9.17, 15) is 4.79 Å². The molecule has 0 N–H and O–H groups in total. The van der Waals surface area contributed by atoms with Gasteiger partial charge in [-0.25, -0.2) is 4.79 Å². The molecule has 20 heavy (non-hydrogen) atoms. The van der Waals surface area contributed by atoms with Crippen molar-refractivity contribution < 1.29 is 9.53 Å². The fourth-order valence-electron chi connectivity index (χ4n) is 1.79. The lowest BCUT2D eigenvalue weighted by atomic mass is 10.2.